The van der Waals surface area contributed by atoms with E-state index >= 15 is 0 Å². The van der Waals surface area contributed by atoms with Crippen LogP contribution in [0.2, 0.25) is 0 Å². The maximum atomic E-state index is 10.2. The number of ether oxygens (including phenoxy) is 2. The molecule has 0 aliphatic carbocycles. The van der Waals surface area contributed by atoms with E-state index in [0.717, 1.165) is 49.6 Å². The zero-order valence-electron chi connectivity index (χ0n) is 17.0. The van der Waals surface area contributed by atoms with Crippen LogP contribution in [0.25, 0.3) is 0 Å². The maximum absolute atomic E-state index is 10.2. The summed E-state index contributed by atoms with van der Waals surface area (Å²) in [6, 6.07) is 16.7. The number of β-amino-alcohol motifs (C(OH)–C–C–N with tert-alkyl or cyclic N) is 1. The van der Waals surface area contributed by atoms with E-state index in [2.05, 4.69) is 40.1 Å². The first kappa shape index (κ1) is 20.8. The van der Waals surface area contributed by atoms with Gasteiger partial charge >= 0.3 is 0 Å². The molecule has 2 aromatic carbocycles. The van der Waals surface area contributed by atoms with Crippen molar-refractivity contribution in [2.45, 2.75) is 26.7 Å². The molecule has 1 unspecified atom stereocenters. The molecule has 0 bridgehead atoms. The summed E-state index contributed by atoms with van der Waals surface area (Å²) < 4.78 is 11.4. The smallest absolute Gasteiger partial charge is 0.167 e. The Balaban J connectivity index is 1.31. The summed E-state index contributed by atoms with van der Waals surface area (Å²) in [6.07, 6.45) is -0.776. The van der Waals surface area contributed by atoms with Gasteiger partial charge in [-0.3, -0.25) is 9.80 Å². The summed E-state index contributed by atoms with van der Waals surface area (Å²) in [6.45, 7) is 10.3. The fraction of sp³-hybridized carbons (Fsp3) is 0.478. The highest BCUT2D eigenvalue weighted by molar-refractivity contribution is 5.39. The van der Waals surface area contributed by atoms with Gasteiger partial charge in [-0.15, -0.1) is 0 Å². The number of rotatable bonds is 9. The minimum atomic E-state index is -0.776. The van der Waals surface area contributed by atoms with Gasteiger partial charge in [-0.25, -0.2) is 0 Å². The molecule has 0 aromatic heterocycles. The predicted molar refractivity (Wildman–Crippen MR) is 112 cm³/mol. The van der Waals surface area contributed by atoms with Crippen LogP contribution in [0, 0.1) is 13.8 Å². The average molecular weight is 385 g/mol. The highest BCUT2D eigenvalue weighted by Crippen LogP contribution is 2.22. The molecular weight excluding hydrogens is 352 g/mol. The lowest BCUT2D eigenvalue weighted by Crippen LogP contribution is -2.48. The lowest BCUT2D eigenvalue weighted by molar-refractivity contribution is -0.121. The van der Waals surface area contributed by atoms with Gasteiger partial charge in [0.1, 0.15) is 12.4 Å². The second-order valence-corrected chi connectivity index (χ2v) is 7.46. The Morgan fingerprint density at radius 2 is 1.50 bits per heavy atom. The van der Waals surface area contributed by atoms with Gasteiger partial charge in [-0.1, -0.05) is 48.5 Å². The molecule has 1 aliphatic rings. The van der Waals surface area contributed by atoms with Crippen LogP contribution in [-0.2, 0) is 11.3 Å². The van der Waals surface area contributed by atoms with E-state index in [9.17, 15) is 5.11 Å². The van der Waals surface area contributed by atoms with Gasteiger partial charge in [0.05, 0.1) is 6.61 Å². The fourth-order valence-electron chi connectivity index (χ4n) is 3.60. The predicted octanol–water partition coefficient (Wildman–Crippen LogP) is 2.84. The van der Waals surface area contributed by atoms with E-state index in [1.807, 2.05) is 32.0 Å². The molecule has 3 rings (SSSR count). The zero-order valence-corrected chi connectivity index (χ0v) is 17.0. The largest absolute Gasteiger partial charge is 0.491 e. The highest BCUT2D eigenvalue weighted by atomic mass is 16.6. The average Bonchev–Trinajstić information content (AvgIpc) is 2.69. The van der Waals surface area contributed by atoms with Crippen molar-refractivity contribution in [2.24, 2.45) is 0 Å². The number of aliphatic hydroxyl groups excluding tert-OH is 1. The van der Waals surface area contributed by atoms with E-state index in [1.165, 1.54) is 5.56 Å². The highest BCUT2D eigenvalue weighted by Gasteiger charge is 2.19. The van der Waals surface area contributed by atoms with Crippen molar-refractivity contribution >= 4 is 0 Å². The molecule has 28 heavy (non-hydrogen) atoms. The fourth-order valence-corrected chi connectivity index (χ4v) is 3.60. The molecule has 152 valence electrons. The molecule has 1 N–H and O–H groups in total. The molecule has 0 spiro atoms. The number of hydrogen-bond donors (Lipinski definition) is 1. The van der Waals surface area contributed by atoms with Crippen LogP contribution in [0.1, 0.15) is 16.7 Å². The number of aryl methyl sites for hydroxylation is 2. The van der Waals surface area contributed by atoms with Crippen LogP contribution < -0.4 is 4.74 Å². The van der Waals surface area contributed by atoms with Gasteiger partial charge in [0.25, 0.3) is 0 Å². The summed E-state index contributed by atoms with van der Waals surface area (Å²) in [5.41, 5.74) is 3.59. The molecular formula is C23H32N2O3. The zero-order chi connectivity index (χ0) is 19.8. The molecule has 1 saturated heterocycles. The Hall–Kier alpha value is -1.92. The normalized spacial score (nSPS) is 16.8. The third-order valence-corrected chi connectivity index (χ3v) is 5.18. The quantitative estimate of drug-likeness (QED) is 0.532. The van der Waals surface area contributed by atoms with E-state index in [1.54, 1.807) is 0 Å². The SMILES string of the molecule is Cc1cccc(C)c1OCCOC(O)CN1CCN(Cc2ccccc2)CC1. The summed E-state index contributed by atoms with van der Waals surface area (Å²) in [5, 5.41) is 10.2. The van der Waals surface area contributed by atoms with Crippen LogP contribution in [0.5, 0.6) is 5.75 Å². The second-order valence-electron chi connectivity index (χ2n) is 7.46. The summed E-state index contributed by atoms with van der Waals surface area (Å²) in [5.74, 6) is 0.912. The van der Waals surface area contributed by atoms with Crippen LogP contribution >= 0.6 is 0 Å². The minimum Gasteiger partial charge on any atom is -0.491 e. The van der Waals surface area contributed by atoms with Crippen molar-refractivity contribution in [3.8, 4) is 5.75 Å². The van der Waals surface area contributed by atoms with Crippen molar-refractivity contribution in [3.05, 3.63) is 65.2 Å². The molecule has 5 nitrogen and oxygen atoms in total. The van der Waals surface area contributed by atoms with Gasteiger partial charge in [-0.2, -0.15) is 0 Å². The molecule has 0 radical (unpaired) electrons. The Morgan fingerprint density at radius 3 is 2.18 bits per heavy atom. The van der Waals surface area contributed by atoms with Gasteiger partial charge in [0.15, 0.2) is 6.29 Å². The number of hydrogen-bond acceptors (Lipinski definition) is 5. The molecule has 1 aliphatic heterocycles. The van der Waals surface area contributed by atoms with E-state index in [0.29, 0.717) is 19.8 Å². The number of aliphatic hydroxyl groups is 1. The number of piperazine rings is 1. The Kier molecular flexibility index (Phi) is 7.86. The first-order valence-electron chi connectivity index (χ1n) is 10.1. The molecule has 1 fully saturated rings. The van der Waals surface area contributed by atoms with Crippen LogP contribution in [0.4, 0.5) is 0 Å². The number of benzene rings is 2. The monoisotopic (exact) mass is 384 g/mol. The summed E-state index contributed by atoms with van der Waals surface area (Å²) >= 11 is 0. The van der Waals surface area contributed by atoms with Crippen molar-refractivity contribution in [1.29, 1.82) is 0 Å². The lowest BCUT2D eigenvalue weighted by atomic mass is 10.1. The Labute approximate surface area is 168 Å². The van der Waals surface area contributed by atoms with Crippen LogP contribution in [-0.4, -0.2) is 67.1 Å². The minimum absolute atomic E-state index is 0.378. The second kappa shape index (κ2) is 10.6. The van der Waals surface area contributed by atoms with E-state index in [4.69, 9.17) is 9.47 Å². The van der Waals surface area contributed by atoms with Crippen molar-refractivity contribution in [2.75, 3.05) is 45.9 Å². The standard InChI is InChI=1S/C23H32N2O3/c1-19-7-6-8-20(2)23(19)28-16-15-27-22(26)18-25-13-11-24(12-14-25)17-21-9-4-3-5-10-21/h3-10,22,26H,11-18H2,1-2H3. The third-order valence-electron chi connectivity index (χ3n) is 5.18. The first-order valence-corrected chi connectivity index (χ1v) is 10.1. The molecule has 1 atom stereocenters. The molecule has 5 heteroatoms. The summed E-state index contributed by atoms with van der Waals surface area (Å²) in [7, 11) is 0. The summed E-state index contributed by atoms with van der Waals surface area (Å²) in [4.78, 5) is 4.72. The van der Waals surface area contributed by atoms with Gasteiger partial charge in [0.2, 0.25) is 0 Å². The first-order chi connectivity index (χ1) is 13.6. The van der Waals surface area contributed by atoms with Crippen LogP contribution in [0.3, 0.4) is 0 Å². The maximum Gasteiger partial charge on any atom is 0.167 e. The van der Waals surface area contributed by atoms with Crippen molar-refractivity contribution in [3.63, 3.8) is 0 Å². The van der Waals surface area contributed by atoms with Gasteiger partial charge < -0.3 is 14.6 Å². The van der Waals surface area contributed by atoms with E-state index in [-0.39, 0.29) is 0 Å². The van der Waals surface area contributed by atoms with Crippen LogP contribution in [0.15, 0.2) is 48.5 Å². The lowest BCUT2D eigenvalue weighted by Gasteiger charge is -2.35. The Morgan fingerprint density at radius 1 is 0.857 bits per heavy atom. The van der Waals surface area contributed by atoms with Crippen molar-refractivity contribution in [1.82, 2.24) is 9.80 Å². The number of para-hydroxylation sites is 1. The number of nitrogens with zero attached hydrogens (tertiary/aromatic N) is 2. The topological polar surface area (TPSA) is 45.2 Å². The molecule has 0 amide bonds. The van der Waals surface area contributed by atoms with Gasteiger partial charge in [0, 0.05) is 39.3 Å². The van der Waals surface area contributed by atoms with Crippen molar-refractivity contribution < 1.29 is 14.6 Å². The third kappa shape index (κ3) is 6.31. The van der Waals surface area contributed by atoms with E-state index < -0.39 is 6.29 Å². The molecule has 2 aromatic rings. The molecule has 0 saturated carbocycles. The Bertz CT molecular complexity index is 695. The van der Waals surface area contributed by atoms with Gasteiger partial charge in [-0.05, 0) is 30.5 Å². The molecule has 1 heterocycles.